The summed E-state index contributed by atoms with van der Waals surface area (Å²) in [5.41, 5.74) is 5.73. The summed E-state index contributed by atoms with van der Waals surface area (Å²) in [6, 6.07) is 0.760. The van der Waals surface area contributed by atoms with Gasteiger partial charge in [0.25, 0.3) is 0 Å². The SMILES string of the molecule is COCC(CN)N1CC(C)OCC1C. The van der Waals surface area contributed by atoms with Crippen molar-refractivity contribution >= 4 is 0 Å². The van der Waals surface area contributed by atoms with E-state index in [2.05, 4.69) is 18.7 Å². The number of methoxy groups -OCH3 is 1. The van der Waals surface area contributed by atoms with Gasteiger partial charge >= 0.3 is 0 Å². The number of hydrogen-bond acceptors (Lipinski definition) is 4. The quantitative estimate of drug-likeness (QED) is 0.701. The molecule has 2 N–H and O–H groups in total. The third-order valence-electron chi connectivity index (χ3n) is 2.76. The minimum absolute atomic E-state index is 0.303. The Morgan fingerprint density at radius 1 is 1.57 bits per heavy atom. The van der Waals surface area contributed by atoms with Crippen molar-refractivity contribution in [3.05, 3.63) is 0 Å². The van der Waals surface area contributed by atoms with Crippen LogP contribution in [0.1, 0.15) is 13.8 Å². The van der Waals surface area contributed by atoms with Crippen LogP contribution in [0.25, 0.3) is 0 Å². The van der Waals surface area contributed by atoms with Gasteiger partial charge in [0.05, 0.1) is 19.3 Å². The van der Waals surface area contributed by atoms with Gasteiger partial charge in [0.1, 0.15) is 0 Å². The van der Waals surface area contributed by atoms with Gasteiger partial charge in [-0.1, -0.05) is 0 Å². The monoisotopic (exact) mass is 202 g/mol. The van der Waals surface area contributed by atoms with Crippen LogP contribution < -0.4 is 5.73 Å². The number of rotatable bonds is 4. The van der Waals surface area contributed by atoms with Crippen LogP contribution in [-0.2, 0) is 9.47 Å². The molecule has 1 rings (SSSR count). The number of ether oxygens (including phenoxy) is 2. The Labute approximate surface area is 86.3 Å². The molecule has 1 aliphatic rings. The van der Waals surface area contributed by atoms with Gasteiger partial charge in [-0.25, -0.2) is 0 Å². The van der Waals surface area contributed by atoms with Crippen LogP contribution in [-0.4, -0.2) is 56.5 Å². The summed E-state index contributed by atoms with van der Waals surface area (Å²) in [5, 5.41) is 0. The van der Waals surface area contributed by atoms with E-state index in [1.807, 2.05) is 0 Å². The van der Waals surface area contributed by atoms with Gasteiger partial charge < -0.3 is 15.2 Å². The third kappa shape index (κ3) is 2.92. The van der Waals surface area contributed by atoms with Crippen LogP contribution in [0, 0.1) is 0 Å². The standard InChI is InChI=1S/C10H22N2O2/c1-8-6-14-9(2)5-12(8)10(4-11)7-13-3/h8-10H,4-7,11H2,1-3H3. The third-order valence-corrected chi connectivity index (χ3v) is 2.76. The zero-order valence-electron chi connectivity index (χ0n) is 9.40. The van der Waals surface area contributed by atoms with Crippen molar-refractivity contribution in [1.29, 1.82) is 0 Å². The first-order valence-electron chi connectivity index (χ1n) is 5.25. The molecule has 0 radical (unpaired) electrons. The fourth-order valence-electron chi connectivity index (χ4n) is 1.93. The molecule has 1 aliphatic heterocycles. The van der Waals surface area contributed by atoms with Gasteiger partial charge in [-0.15, -0.1) is 0 Å². The molecule has 0 aliphatic carbocycles. The molecular weight excluding hydrogens is 180 g/mol. The van der Waals surface area contributed by atoms with Gasteiger partial charge in [-0.3, -0.25) is 4.90 Å². The molecule has 0 amide bonds. The summed E-state index contributed by atoms with van der Waals surface area (Å²) in [6.45, 7) is 7.36. The van der Waals surface area contributed by atoms with Crippen molar-refractivity contribution in [2.75, 3.05) is 33.4 Å². The Hall–Kier alpha value is -0.160. The summed E-state index contributed by atoms with van der Waals surface area (Å²) in [5.74, 6) is 0. The average molecular weight is 202 g/mol. The Kier molecular flexibility index (Phi) is 4.81. The fraction of sp³-hybridized carbons (Fsp3) is 1.00. The Bertz CT molecular complexity index is 166. The molecule has 0 spiro atoms. The highest BCUT2D eigenvalue weighted by Crippen LogP contribution is 2.14. The lowest BCUT2D eigenvalue weighted by atomic mass is 10.1. The summed E-state index contributed by atoms with van der Waals surface area (Å²) in [6.07, 6.45) is 0.303. The van der Waals surface area contributed by atoms with Crippen molar-refractivity contribution in [2.24, 2.45) is 5.73 Å². The first-order valence-corrected chi connectivity index (χ1v) is 5.25. The topological polar surface area (TPSA) is 47.7 Å². The Balaban J connectivity index is 2.52. The second kappa shape index (κ2) is 5.66. The van der Waals surface area contributed by atoms with Crippen molar-refractivity contribution in [2.45, 2.75) is 32.0 Å². The van der Waals surface area contributed by atoms with Crippen molar-refractivity contribution in [3.63, 3.8) is 0 Å². The maximum atomic E-state index is 5.73. The van der Waals surface area contributed by atoms with E-state index >= 15 is 0 Å². The van der Waals surface area contributed by atoms with Crippen LogP contribution >= 0.6 is 0 Å². The maximum Gasteiger partial charge on any atom is 0.0674 e. The molecule has 4 nitrogen and oxygen atoms in total. The molecular formula is C10H22N2O2. The molecule has 14 heavy (non-hydrogen) atoms. The predicted molar refractivity (Wildman–Crippen MR) is 56.3 cm³/mol. The van der Waals surface area contributed by atoms with Crippen molar-refractivity contribution in [3.8, 4) is 0 Å². The predicted octanol–water partition coefficient (Wildman–Crippen LogP) is 0.0693. The second-order valence-electron chi connectivity index (χ2n) is 4.03. The van der Waals surface area contributed by atoms with Gasteiger partial charge in [0.15, 0.2) is 0 Å². The molecule has 0 aromatic heterocycles. The summed E-state index contributed by atoms with van der Waals surface area (Å²) >= 11 is 0. The molecule has 4 heteroatoms. The minimum Gasteiger partial charge on any atom is -0.383 e. The summed E-state index contributed by atoms with van der Waals surface area (Å²) < 4.78 is 10.7. The van der Waals surface area contributed by atoms with Gasteiger partial charge in [0, 0.05) is 32.3 Å². The van der Waals surface area contributed by atoms with E-state index < -0.39 is 0 Å². The Morgan fingerprint density at radius 2 is 2.29 bits per heavy atom. The van der Waals surface area contributed by atoms with Crippen LogP contribution in [0.2, 0.25) is 0 Å². The first-order chi connectivity index (χ1) is 6.69. The molecule has 0 bridgehead atoms. The lowest BCUT2D eigenvalue weighted by Gasteiger charge is -2.41. The summed E-state index contributed by atoms with van der Waals surface area (Å²) in [4.78, 5) is 2.39. The van der Waals surface area contributed by atoms with Crippen LogP contribution in [0.5, 0.6) is 0 Å². The zero-order valence-corrected chi connectivity index (χ0v) is 9.40. The number of hydrogen-bond donors (Lipinski definition) is 1. The van der Waals surface area contributed by atoms with Crippen molar-refractivity contribution < 1.29 is 9.47 Å². The van der Waals surface area contributed by atoms with E-state index in [1.165, 1.54) is 0 Å². The fourth-order valence-corrected chi connectivity index (χ4v) is 1.93. The molecule has 1 fully saturated rings. The lowest BCUT2D eigenvalue weighted by molar-refractivity contribution is -0.0742. The highest BCUT2D eigenvalue weighted by molar-refractivity contribution is 4.82. The normalized spacial score (nSPS) is 31.7. The molecule has 0 aromatic rings. The van der Waals surface area contributed by atoms with Crippen molar-refractivity contribution in [1.82, 2.24) is 4.90 Å². The van der Waals surface area contributed by atoms with Gasteiger partial charge in [0.2, 0.25) is 0 Å². The highest BCUT2D eigenvalue weighted by atomic mass is 16.5. The van der Waals surface area contributed by atoms with Crippen LogP contribution in [0.3, 0.4) is 0 Å². The number of nitrogens with zero attached hydrogens (tertiary/aromatic N) is 1. The molecule has 1 heterocycles. The van der Waals surface area contributed by atoms with Gasteiger partial charge in [-0.05, 0) is 13.8 Å². The molecule has 1 saturated heterocycles. The number of morpholine rings is 1. The van der Waals surface area contributed by atoms with E-state index in [1.54, 1.807) is 7.11 Å². The first kappa shape index (κ1) is 11.9. The second-order valence-corrected chi connectivity index (χ2v) is 4.03. The largest absolute Gasteiger partial charge is 0.383 e. The highest BCUT2D eigenvalue weighted by Gasteiger charge is 2.28. The smallest absolute Gasteiger partial charge is 0.0674 e. The average Bonchev–Trinajstić information content (AvgIpc) is 2.18. The Morgan fingerprint density at radius 3 is 2.86 bits per heavy atom. The van der Waals surface area contributed by atoms with Crippen LogP contribution in [0.4, 0.5) is 0 Å². The lowest BCUT2D eigenvalue weighted by Crippen LogP contribution is -2.55. The van der Waals surface area contributed by atoms with Gasteiger partial charge in [-0.2, -0.15) is 0 Å². The zero-order chi connectivity index (χ0) is 10.6. The molecule has 84 valence electrons. The van der Waals surface area contributed by atoms with E-state index in [0.717, 1.165) is 13.2 Å². The summed E-state index contributed by atoms with van der Waals surface area (Å²) in [7, 11) is 1.72. The van der Waals surface area contributed by atoms with E-state index in [4.69, 9.17) is 15.2 Å². The molecule has 3 atom stereocenters. The molecule has 3 unspecified atom stereocenters. The van der Waals surface area contributed by atoms with E-state index in [-0.39, 0.29) is 0 Å². The number of nitrogens with two attached hydrogens (primary N) is 1. The minimum atomic E-state index is 0.303. The molecule has 0 saturated carbocycles. The molecule has 0 aromatic carbocycles. The maximum absolute atomic E-state index is 5.73. The van der Waals surface area contributed by atoms with Crippen LogP contribution in [0.15, 0.2) is 0 Å². The van der Waals surface area contributed by atoms with E-state index in [0.29, 0.717) is 31.3 Å². The van der Waals surface area contributed by atoms with E-state index in [9.17, 15) is 0 Å².